The van der Waals surface area contributed by atoms with Crippen molar-refractivity contribution in [2.24, 2.45) is 5.92 Å². The first-order valence-electron chi connectivity index (χ1n) is 6.64. The summed E-state index contributed by atoms with van der Waals surface area (Å²) in [4.78, 5) is 4.08. The van der Waals surface area contributed by atoms with Gasteiger partial charge in [0.2, 0.25) is 5.88 Å². The molecule has 0 amide bonds. The zero-order chi connectivity index (χ0) is 15.2. The smallest absolute Gasteiger partial charge is 0.392 e. The molecule has 114 valence electrons. The van der Waals surface area contributed by atoms with Crippen molar-refractivity contribution in [1.82, 2.24) is 10.3 Å². The average Bonchev–Trinajstić information content (AvgIpc) is 2.25. The molecule has 0 saturated carbocycles. The van der Waals surface area contributed by atoms with Gasteiger partial charge in [-0.3, -0.25) is 0 Å². The lowest BCUT2D eigenvalue weighted by Gasteiger charge is -2.11. The molecule has 0 spiro atoms. The number of hydrogen-bond acceptors (Lipinski definition) is 3. The molecule has 0 atom stereocenters. The summed E-state index contributed by atoms with van der Waals surface area (Å²) in [5.41, 5.74) is 1.69. The van der Waals surface area contributed by atoms with Gasteiger partial charge < -0.3 is 10.1 Å². The quantitative estimate of drug-likeness (QED) is 0.835. The summed E-state index contributed by atoms with van der Waals surface area (Å²) in [5, 5.41) is 3.27. The van der Waals surface area contributed by atoms with E-state index in [2.05, 4.69) is 24.1 Å². The number of hydrogen-bond donors (Lipinski definition) is 1. The van der Waals surface area contributed by atoms with E-state index < -0.39 is 19.2 Å². The second-order valence-corrected chi connectivity index (χ2v) is 5.19. The molecular formula is C14H21F3N2O. The van der Waals surface area contributed by atoms with Crippen molar-refractivity contribution in [1.29, 1.82) is 0 Å². The summed E-state index contributed by atoms with van der Waals surface area (Å²) >= 11 is 0. The molecule has 0 aromatic carbocycles. The predicted molar refractivity (Wildman–Crippen MR) is 71.7 cm³/mol. The van der Waals surface area contributed by atoms with E-state index in [9.17, 15) is 13.2 Å². The molecule has 1 aromatic rings. The molecule has 3 nitrogen and oxygen atoms in total. The molecule has 0 fully saturated rings. The van der Waals surface area contributed by atoms with Gasteiger partial charge in [0.25, 0.3) is 0 Å². The van der Waals surface area contributed by atoms with Gasteiger partial charge in [0.15, 0.2) is 0 Å². The second kappa shape index (κ2) is 7.47. The zero-order valence-electron chi connectivity index (χ0n) is 12.0. The molecule has 0 radical (unpaired) electrons. The average molecular weight is 290 g/mol. The van der Waals surface area contributed by atoms with Crippen molar-refractivity contribution < 1.29 is 17.9 Å². The Morgan fingerprint density at radius 1 is 1.30 bits per heavy atom. The number of ether oxygens (including phenoxy) is 1. The molecule has 1 aromatic heterocycles. The van der Waals surface area contributed by atoms with Crippen molar-refractivity contribution in [3.8, 4) is 5.88 Å². The van der Waals surface area contributed by atoms with E-state index >= 15 is 0 Å². The Hall–Kier alpha value is -1.30. The molecule has 0 aliphatic rings. The van der Waals surface area contributed by atoms with Crippen molar-refractivity contribution in [2.75, 3.05) is 13.2 Å². The highest BCUT2D eigenvalue weighted by molar-refractivity contribution is 5.24. The number of pyridine rings is 1. The predicted octanol–water partition coefficient (Wildman–Crippen LogP) is 3.47. The number of aryl methyl sites for hydroxylation is 1. The van der Waals surface area contributed by atoms with E-state index in [1.807, 2.05) is 6.07 Å². The van der Waals surface area contributed by atoms with E-state index in [-0.39, 0.29) is 5.88 Å². The highest BCUT2D eigenvalue weighted by Gasteiger charge is 2.26. The minimum absolute atomic E-state index is 0.246. The first-order chi connectivity index (χ1) is 9.26. The first kappa shape index (κ1) is 16.8. The molecule has 1 rings (SSSR count). The van der Waals surface area contributed by atoms with E-state index in [0.29, 0.717) is 12.5 Å². The van der Waals surface area contributed by atoms with E-state index in [4.69, 9.17) is 4.74 Å². The normalized spacial score (nSPS) is 11.9. The second-order valence-electron chi connectivity index (χ2n) is 5.19. The van der Waals surface area contributed by atoms with Gasteiger partial charge in [-0.25, -0.2) is 4.98 Å². The lowest BCUT2D eigenvalue weighted by Crippen LogP contribution is -2.19. The molecular weight excluding hydrogens is 269 g/mol. The van der Waals surface area contributed by atoms with Gasteiger partial charge in [0, 0.05) is 18.3 Å². The van der Waals surface area contributed by atoms with E-state index in [1.54, 1.807) is 13.0 Å². The van der Waals surface area contributed by atoms with Gasteiger partial charge in [-0.1, -0.05) is 13.8 Å². The van der Waals surface area contributed by atoms with Crippen LogP contribution in [0.3, 0.4) is 0 Å². The number of aromatic nitrogens is 1. The van der Waals surface area contributed by atoms with Crippen LogP contribution in [0, 0.1) is 12.8 Å². The van der Waals surface area contributed by atoms with Crippen LogP contribution < -0.4 is 10.1 Å². The molecule has 0 aliphatic heterocycles. The first-order valence-corrected chi connectivity index (χ1v) is 6.64. The summed E-state index contributed by atoms with van der Waals surface area (Å²) in [6.45, 7) is 7.14. The van der Waals surface area contributed by atoms with E-state index in [0.717, 1.165) is 17.8 Å². The Balaban J connectivity index is 2.53. The fourth-order valence-corrected chi connectivity index (χ4v) is 1.66. The van der Waals surface area contributed by atoms with Crippen LogP contribution in [0.4, 0.5) is 13.2 Å². The van der Waals surface area contributed by atoms with Crippen LogP contribution in [0.15, 0.2) is 12.1 Å². The lowest BCUT2D eigenvalue weighted by atomic mass is 10.2. The monoisotopic (exact) mass is 290 g/mol. The Labute approximate surface area is 117 Å². The number of nitrogens with zero attached hydrogens (tertiary/aromatic N) is 1. The van der Waals surface area contributed by atoms with Crippen molar-refractivity contribution in [2.45, 2.75) is 39.9 Å². The van der Waals surface area contributed by atoms with Crippen LogP contribution in [-0.2, 0) is 6.54 Å². The summed E-state index contributed by atoms with van der Waals surface area (Å²) in [6.07, 6.45) is -5.17. The largest absolute Gasteiger partial charge is 0.477 e. The van der Waals surface area contributed by atoms with Gasteiger partial charge >= 0.3 is 6.18 Å². The molecule has 20 heavy (non-hydrogen) atoms. The van der Waals surface area contributed by atoms with Gasteiger partial charge in [0.1, 0.15) is 0 Å². The molecule has 0 bridgehead atoms. The molecule has 6 heteroatoms. The van der Waals surface area contributed by atoms with Crippen molar-refractivity contribution in [3.63, 3.8) is 0 Å². The summed E-state index contributed by atoms with van der Waals surface area (Å²) in [6, 6.07) is 3.57. The topological polar surface area (TPSA) is 34.1 Å². The van der Waals surface area contributed by atoms with Crippen LogP contribution >= 0.6 is 0 Å². The van der Waals surface area contributed by atoms with Crippen LogP contribution in [0.25, 0.3) is 0 Å². The fraction of sp³-hybridized carbons (Fsp3) is 0.643. The molecule has 0 saturated heterocycles. The third-order valence-electron chi connectivity index (χ3n) is 2.51. The standard InChI is InChI=1S/C14H21F3N2O/c1-10(2)8-18-9-12-6-11(3)19-13(7-12)20-5-4-14(15,16)17/h6-7,10,18H,4-5,8-9H2,1-3H3. The number of nitrogens with one attached hydrogen (secondary N) is 1. The maximum Gasteiger partial charge on any atom is 0.392 e. The summed E-state index contributed by atoms with van der Waals surface area (Å²) in [7, 11) is 0. The van der Waals surface area contributed by atoms with Crippen LogP contribution in [0.2, 0.25) is 0 Å². The third kappa shape index (κ3) is 7.33. The number of halogens is 3. The molecule has 1 heterocycles. The minimum atomic E-state index is -4.20. The zero-order valence-corrected chi connectivity index (χ0v) is 12.0. The number of alkyl halides is 3. The fourth-order valence-electron chi connectivity index (χ4n) is 1.66. The van der Waals surface area contributed by atoms with Crippen molar-refractivity contribution >= 4 is 0 Å². The Bertz CT molecular complexity index is 419. The van der Waals surface area contributed by atoms with Gasteiger partial charge in [-0.15, -0.1) is 0 Å². The third-order valence-corrected chi connectivity index (χ3v) is 2.51. The Morgan fingerprint density at radius 3 is 2.60 bits per heavy atom. The molecule has 0 aliphatic carbocycles. The maximum atomic E-state index is 12.0. The van der Waals surface area contributed by atoms with Gasteiger partial charge in [-0.2, -0.15) is 13.2 Å². The van der Waals surface area contributed by atoms with E-state index in [1.165, 1.54) is 0 Å². The molecule has 0 unspecified atom stereocenters. The van der Waals surface area contributed by atoms with Crippen LogP contribution in [0.5, 0.6) is 5.88 Å². The highest BCUT2D eigenvalue weighted by Crippen LogP contribution is 2.20. The molecule has 1 N–H and O–H groups in total. The SMILES string of the molecule is Cc1cc(CNCC(C)C)cc(OCCC(F)(F)F)n1. The Kier molecular flexibility index (Phi) is 6.26. The maximum absolute atomic E-state index is 12.0. The number of rotatable bonds is 7. The van der Waals surface area contributed by atoms with Gasteiger partial charge in [0.05, 0.1) is 13.0 Å². The van der Waals surface area contributed by atoms with Gasteiger partial charge in [-0.05, 0) is 31.0 Å². The Morgan fingerprint density at radius 2 is 2.00 bits per heavy atom. The highest BCUT2D eigenvalue weighted by atomic mass is 19.4. The minimum Gasteiger partial charge on any atom is -0.477 e. The van der Waals surface area contributed by atoms with Crippen molar-refractivity contribution in [3.05, 3.63) is 23.4 Å². The van der Waals surface area contributed by atoms with Crippen LogP contribution in [-0.4, -0.2) is 24.3 Å². The summed E-state index contributed by atoms with van der Waals surface area (Å²) in [5.74, 6) is 0.788. The summed E-state index contributed by atoms with van der Waals surface area (Å²) < 4.78 is 41.2. The lowest BCUT2D eigenvalue weighted by molar-refractivity contribution is -0.139. The van der Waals surface area contributed by atoms with Crippen LogP contribution in [0.1, 0.15) is 31.5 Å².